The maximum Gasteiger partial charge on any atom is 0.164 e. The number of allylic oxidation sites excluding steroid dienone is 2. The van der Waals surface area contributed by atoms with E-state index in [2.05, 4.69) is 168 Å². The Morgan fingerprint density at radius 1 is 0.422 bits per heavy atom. The number of dihydropyridines is 1. The molecule has 1 atom stereocenters. The van der Waals surface area contributed by atoms with Gasteiger partial charge in [0.2, 0.25) is 0 Å². The standard InChI is InChI=1S/C56H35N7S/c1-2-12-35(13-3-1)52-60-53(62-55(61-52)40-16-10-17-43(33-40)63-47-21-8-6-18-44(47)45-19-7-9-22-48(45)63)36-25-23-34(24-26-36)49-51-50(46-20-11-29-57-56(46)64-51)59-54(58-49)41-28-27-39-30-37-14-4-5-15-38(37)31-42(39)32-41/h1-33,56-57H. The average Bonchev–Trinajstić information content (AvgIpc) is 3.91. The lowest BCUT2D eigenvalue weighted by molar-refractivity contribution is 0.933. The van der Waals surface area contributed by atoms with Gasteiger partial charge in [-0.1, -0.05) is 157 Å². The van der Waals surface area contributed by atoms with Crippen LogP contribution in [-0.4, -0.2) is 34.9 Å². The van der Waals surface area contributed by atoms with E-state index in [4.69, 9.17) is 24.9 Å². The molecule has 1 N–H and O–H groups in total. The van der Waals surface area contributed by atoms with E-state index in [0.29, 0.717) is 23.3 Å². The number of nitrogens with one attached hydrogen (secondary N) is 1. The first-order valence-electron chi connectivity index (χ1n) is 21.3. The van der Waals surface area contributed by atoms with Gasteiger partial charge in [-0.25, -0.2) is 24.9 Å². The van der Waals surface area contributed by atoms with Gasteiger partial charge in [-0.2, -0.15) is 0 Å². The molecule has 5 heterocycles. The Bertz CT molecular complexity index is 3690. The fraction of sp³-hybridized carbons (Fsp3) is 0.0179. The number of aromatic nitrogens is 6. The van der Waals surface area contributed by atoms with E-state index in [1.807, 2.05) is 42.6 Å². The van der Waals surface area contributed by atoms with Gasteiger partial charge in [0, 0.05) is 49.9 Å². The molecule has 2 aliphatic rings. The number of benzene rings is 8. The van der Waals surface area contributed by atoms with Gasteiger partial charge >= 0.3 is 0 Å². The van der Waals surface area contributed by atoms with Crippen molar-refractivity contribution in [3.05, 3.63) is 206 Å². The molecule has 11 aromatic rings. The zero-order chi connectivity index (χ0) is 42.1. The highest BCUT2D eigenvalue weighted by Gasteiger charge is 2.33. The summed E-state index contributed by atoms with van der Waals surface area (Å²) in [6, 6.07) is 63.7. The SMILES string of the molecule is C1=CNC2Sc3c(nc(-c4ccc5cc6ccccc6cc5c4)nc3-c3ccc(-c4nc(-c5ccccc5)nc(-c5cccc(-n6c7ccccc7c7ccccc76)c5)n4)cc3)C2=C1. The van der Waals surface area contributed by atoms with Crippen LogP contribution in [0.1, 0.15) is 5.69 Å². The monoisotopic (exact) mass is 837 g/mol. The van der Waals surface area contributed by atoms with Crippen molar-refractivity contribution in [2.45, 2.75) is 10.3 Å². The number of rotatable bonds is 6. The summed E-state index contributed by atoms with van der Waals surface area (Å²) in [4.78, 5) is 27.0. The van der Waals surface area contributed by atoms with Gasteiger partial charge in [-0.3, -0.25) is 0 Å². The zero-order valence-electron chi connectivity index (χ0n) is 34.2. The summed E-state index contributed by atoms with van der Waals surface area (Å²) in [5.41, 5.74) is 11.0. The van der Waals surface area contributed by atoms with Crippen molar-refractivity contribution >= 4 is 60.7 Å². The van der Waals surface area contributed by atoms with Crippen molar-refractivity contribution in [3.8, 4) is 62.5 Å². The van der Waals surface area contributed by atoms with Gasteiger partial charge in [0.25, 0.3) is 0 Å². The van der Waals surface area contributed by atoms with Crippen molar-refractivity contribution in [3.63, 3.8) is 0 Å². The Hall–Kier alpha value is -8.20. The first kappa shape index (κ1) is 36.5. The number of hydrogen-bond acceptors (Lipinski definition) is 7. The van der Waals surface area contributed by atoms with Gasteiger partial charge < -0.3 is 9.88 Å². The topological polar surface area (TPSA) is 81.4 Å². The van der Waals surface area contributed by atoms with Crippen molar-refractivity contribution < 1.29 is 0 Å². The normalized spacial score (nSPS) is 14.2. The fourth-order valence-corrected chi connectivity index (χ4v) is 10.4. The molecule has 2 aliphatic heterocycles. The summed E-state index contributed by atoms with van der Waals surface area (Å²) < 4.78 is 2.32. The highest BCUT2D eigenvalue weighted by molar-refractivity contribution is 8.01. The Labute approximate surface area is 372 Å². The molecule has 0 spiro atoms. The Morgan fingerprint density at radius 2 is 0.969 bits per heavy atom. The third-order valence-electron chi connectivity index (χ3n) is 12.3. The highest BCUT2D eigenvalue weighted by Crippen LogP contribution is 2.48. The van der Waals surface area contributed by atoms with Crippen molar-refractivity contribution in [2.24, 2.45) is 0 Å². The molecule has 64 heavy (non-hydrogen) atoms. The summed E-state index contributed by atoms with van der Waals surface area (Å²) in [5, 5.41) is 10.8. The van der Waals surface area contributed by atoms with E-state index < -0.39 is 0 Å². The molecule has 0 fully saturated rings. The van der Waals surface area contributed by atoms with E-state index in [-0.39, 0.29) is 5.37 Å². The van der Waals surface area contributed by atoms with Crippen LogP contribution >= 0.6 is 11.8 Å². The molecule has 13 rings (SSSR count). The smallest absolute Gasteiger partial charge is 0.164 e. The third kappa shape index (κ3) is 6.10. The van der Waals surface area contributed by atoms with E-state index in [1.54, 1.807) is 11.8 Å². The van der Waals surface area contributed by atoms with Crippen LogP contribution in [0.3, 0.4) is 0 Å². The lowest BCUT2D eigenvalue weighted by atomic mass is 10.0. The maximum atomic E-state index is 5.34. The highest BCUT2D eigenvalue weighted by atomic mass is 32.2. The first-order chi connectivity index (χ1) is 31.7. The Kier molecular flexibility index (Phi) is 8.39. The summed E-state index contributed by atoms with van der Waals surface area (Å²) in [7, 11) is 0. The van der Waals surface area contributed by atoms with Crippen LogP contribution in [0, 0.1) is 0 Å². The number of fused-ring (bicyclic) bond motifs is 8. The van der Waals surface area contributed by atoms with E-state index in [9.17, 15) is 0 Å². The molecule has 1 unspecified atom stereocenters. The minimum atomic E-state index is 0.0686. The number of hydrogen-bond donors (Lipinski definition) is 1. The average molecular weight is 838 g/mol. The number of nitrogens with zero attached hydrogens (tertiary/aromatic N) is 6. The first-order valence-corrected chi connectivity index (χ1v) is 22.2. The van der Waals surface area contributed by atoms with Crippen LogP contribution in [0.4, 0.5) is 0 Å². The Balaban J connectivity index is 0.918. The molecule has 0 bridgehead atoms. The Morgan fingerprint density at radius 3 is 1.72 bits per heavy atom. The van der Waals surface area contributed by atoms with Gasteiger partial charge in [0.15, 0.2) is 23.3 Å². The number of para-hydroxylation sites is 2. The molecule has 0 aliphatic carbocycles. The van der Waals surface area contributed by atoms with E-state index >= 15 is 0 Å². The second-order valence-corrected chi connectivity index (χ2v) is 17.3. The fourth-order valence-electron chi connectivity index (χ4n) is 9.16. The second-order valence-electron chi connectivity index (χ2n) is 16.2. The lowest BCUT2D eigenvalue weighted by Gasteiger charge is -2.14. The molecular formula is C56H35N7S. The van der Waals surface area contributed by atoms with Crippen LogP contribution in [0.5, 0.6) is 0 Å². The summed E-state index contributed by atoms with van der Waals surface area (Å²) in [6.45, 7) is 0. The summed E-state index contributed by atoms with van der Waals surface area (Å²) in [5.74, 6) is 2.51. The van der Waals surface area contributed by atoms with Gasteiger partial charge in [-0.15, -0.1) is 0 Å². The zero-order valence-corrected chi connectivity index (χ0v) is 35.0. The van der Waals surface area contributed by atoms with Crippen molar-refractivity contribution in [1.82, 2.24) is 34.8 Å². The molecule has 0 saturated heterocycles. The summed E-state index contributed by atoms with van der Waals surface area (Å²) >= 11 is 1.76. The molecular weight excluding hydrogens is 803 g/mol. The van der Waals surface area contributed by atoms with Crippen LogP contribution in [0.15, 0.2) is 205 Å². The predicted molar refractivity (Wildman–Crippen MR) is 262 cm³/mol. The van der Waals surface area contributed by atoms with Gasteiger partial charge in [0.05, 0.1) is 27.3 Å². The van der Waals surface area contributed by atoms with Crippen LogP contribution < -0.4 is 5.32 Å². The molecule has 0 radical (unpaired) electrons. The molecule has 300 valence electrons. The minimum absolute atomic E-state index is 0.0686. The van der Waals surface area contributed by atoms with Crippen LogP contribution in [0.25, 0.3) is 111 Å². The van der Waals surface area contributed by atoms with Crippen LogP contribution in [-0.2, 0) is 0 Å². The number of thioether (sulfide) groups is 1. The molecule has 7 nitrogen and oxygen atoms in total. The van der Waals surface area contributed by atoms with E-state index in [1.165, 1.54) is 26.9 Å². The molecule has 3 aromatic heterocycles. The minimum Gasteiger partial charge on any atom is -0.375 e. The summed E-state index contributed by atoms with van der Waals surface area (Å²) in [6.07, 6.45) is 6.21. The largest absolute Gasteiger partial charge is 0.375 e. The van der Waals surface area contributed by atoms with E-state index in [0.717, 1.165) is 71.8 Å². The second kappa shape index (κ2) is 14.7. The van der Waals surface area contributed by atoms with Crippen molar-refractivity contribution in [2.75, 3.05) is 0 Å². The maximum absolute atomic E-state index is 5.34. The van der Waals surface area contributed by atoms with Gasteiger partial charge in [-0.05, 0) is 76.3 Å². The quantitative estimate of drug-likeness (QED) is 0.167. The molecule has 0 amide bonds. The molecule has 8 heteroatoms. The van der Waals surface area contributed by atoms with Gasteiger partial charge in [0.1, 0.15) is 5.37 Å². The van der Waals surface area contributed by atoms with Crippen LogP contribution in [0.2, 0.25) is 0 Å². The molecule has 0 saturated carbocycles. The van der Waals surface area contributed by atoms with Crippen molar-refractivity contribution in [1.29, 1.82) is 0 Å². The molecule has 8 aromatic carbocycles. The predicted octanol–water partition coefficient (Wildman–Crippen LogP) is 13.3. The third-order valence-corrected chi connectivity index (χ3v) is 13.5. The lowest BCUT2D eigenvalue weighted by Crippen LogP contribution is -2.20.